The topological polar surface area (TPSA) is 117 Å². The molecular weight excluding hydrogens is 492 g/mol. The van der Waals surface area contributed by atoms with Gasteiger partial charge in [-0.05, 0) is 18.2 Å². The van der Waals surface area contributed by atoms with Crippen LogP contribution in [0.2, 0.25) is 0 Å². The first-order valence-electron chi connectivity index (χ1n) is 7.93. The van der Waals surface area contributed by atoms with Crippen molar-refractivity contribution in [3.05, 3.63) is 71.6 Å². The van der Waals surface area contributed by atoms with Gasteiger partial charge in [-0.15, -0.1) is 4.98 Å². The quantitative estimate of drug-likeness (QED) is 0.399. The molecule has 17 heteroatoms. The summed E-state index contributed by atoms with van der Waals surface area (Å²) >= 11 is 0. The lowest BCUT2D eigenvalue weighted by Gasteiger charge is -2.22. The third-order valence-electron chi connectivity index (χ3n) is 3.25. The predicted octanol–water partition coefficient (Wildman–Crippen LogP) is 2.60. The molecule has 0 aliphatic heterocycles. The monoisotopic (exact) mass is 503 g/mol. The molecule has 0 saturated heterocycles. The highest BCUT2D eigenvalue weighted by Crippen LogP contribution is 2.36. The molecule has 0 aliphatic carbocycles. The summed E-state index contributed by atoms with van der Waals surface area (Å²) in [6.07, 6.45) is 9.42. The normalized spacial score (nSPS) is 12.7. The lowest BCUT2D eigenvalue weighted by molar-refractivity contribution is -0.598. The number of hydrogen-bond donors (Lipinski definition) is 0. The molecule has 0 spiro atoms. The summed E-state index contributed by atoms with van der Waals surface area (Å²) in [4.78, 5) is 8.57. The Hall–Kier alpha value is -3.05. The van der Waals surface area contributed by atoms with E-state index in [0.717, 1.165) is 15.8 Å². The van der Waals surface area contributed by atoms with Crippen molar-refractivity contribution in [1.82, 2.24) is 14.5 Å². The Morgan fingerprint density at radius 3 is 1.78 bits per heavy atom. The maximum absolute atomic E-state index is 11.4. The van der Waals surface area contributed by atoms with Crippen molar-refractivity contribution in [2.45, 2.75) is 11.0 Å². The fourth-order valence-corrected chi connectivity index (χ4v) is 3.56. The van der Waals surface area contributed by atoms with Gasteiger partial charge in [0.1, 0.15) is 18.6 Å². The van der Waals surface area contributed by atoms with Crippen LogP contribution in [0.15, 0.2) is 67.5 Å². The zero-order chi connectivity index (χ0) is 24.2. The number of pyridine rings is 2. The van der Waals surface area contributed by atoms with E-state index in [1.54, 1.807) is 12.4 Å². The van der Waals surface area contributed by atoms with Gasteiger partial charge in [0.25, 0.3) is 5.82 Å². The molecule has 0 atom stereocenters. The Labute approximate surface area is 177 Å². The Kier molecular flexibility index (Phi) is 7.26. The lowest BCUT2D eigenvalue weighted by Crippen LogP contribution is -2.30. The minimum Gasteiger partial charge on any atom is -0.421 e. The van der Waals surface area contributed by atoms with E-state index >= 15 is 0 Å². The molecular formula is C15H11F6N5O4S2. The highest BCUT2D eigenvalue weighted by Gasteiger charge is 2.46. The number of aromatic nitrogens is 4. The number of imidazole rings is 1. The molecule has 3 heterocycles. The van der Waals surface area contributed by atoms with Crippen LogP contribution in [0.4, 0.5) is 26.3 Å². The molecule has 3 rings (SSSR count). The summed E-state index contributed by atoms with van der Waals surface area (Å²) < 4.78 is 113. The van der Waals surface area contributed by atoms with Gasteiger partial charge in [0, 0.05) is 12.3 Å². The third kappa shape index (κ3) is 6.24. The number of rotatable bonds is 4. The zero-order valence-electron chi connectivity index (χ0n) is 15.3. The first-order chi connectivity index (χ1) is 14.6. The lowest BCUT2D eigenvalue weighted by atomic mass is 10.4. The summed E-state index contributed by atoms with van der Waals surface area (Å²) in [5.41, 5.74) is -12.4. The molecule has 0 aliphatic rings. The van der Waals surface area contributed by atoms with Crippen molar-refractivity contribution >= 4 is 20.0 Å². The van der Waals surface area contributed by atoms with Crippen molar-refractivity contribution in [3.63, 3.8) is 0 Å². The van der Waals surface area contributed by atoms with Gasteiger partial charge in [0.2, 0.25) is 6.33 Å². The second kappa shape index (κ2) is 9.21. The first kappa shape index (κ1) is 25.2. The molecule has 0 unspecified atom stereocenters. The first-order valence-corrected chi connectivity index (χ1v) is 10.8. The Morgan fingerprint density at radius 2 is 1.34 bits per heavy atom. The van der Waals surface area contributed by atoms with E-state index in [1.165, 1.54) is 0 Å². The van der Waals surface area contributed by atoms with E-state index in [2.05, 4.69) is 9.97 Å². The molecule has 0 fully saturated rings. The van der Waals surface area contributed by atoms with Crippen molar-refractivity contribution < 1.29 is 47.7 Å². The third-order valence-corrected chi connectivity index (χ3v) is 5.99. The number of halogens is 6. The van der Waals surface area contributed by atoms with Gasteiger partial charge in [-0.25, -0.2) is 31.0 Å². The largest absolute Gasteiger partial charge is 0.480 e. The van der Waals surface area contributed by atoms with Crippen molar-refractivity contribution in [2.75, 3.05) is 0 Å². The van der Waals surface area contributed by atoms with Crippen LogP contribution < -0.4 is 4.57 Å². The van der Waals surface area contributed by atoms with E-state index in [0.29, 0.717) is 0 Å². The molecule has 32 heavy (non-hydrogen) atoms. The van der Waals surface area contributed by atoms with Gasteiger partial charge in [-0.3, -0.25) is 0 Å². The molecule has 3 aromatic heterocycles. The molecule has 0 N–H and O–H groups in total. The highest BCUT2D eigenvalue weighted by molar-refractivity contribution is 8.13. The average Bonchev–Trinajstić information content (AvgIpc) is 3.18. The predicted molar refractivity (Wildman–Crippen MR) is 96.2 cm³/mol. The Bertz CT molecular complexity index is 1150. The van der Waals surface area contributed by atoms with E-state index in [1.807, 2.05) is 64.3 Å². The van der Waals surface area contributed by atoms with Crippen LogP contribution in [0, 0.1) is 0 Å². The van der Waals surface area contributed by atoms with Gasteiger partial charge in [0.15, 0.2) is 25.9 Å². The van der Waals surface area contributed by atoms with E-state index in [4.69, 9.17) is 0 Å². The van der Waals surface area contributed by atoms with Gasteiger partial charge in [-0.2, -0.15) is 26.3 Å². The van der Waals surface area contributed by atoms with Crippen LogP contribution in [0.3, 0.4) is 0 Å². The maximum atomic E-state index is 11.4. The van der Waals surface area contributed by atoms with Crippen molar-refractivity contribution in [1.29, 1.82) is 0 Å². The summed E-state index contributed by atoms with van der Waals surface area (Å²) in [6, 6.07) is 11.7. The van der Waals surface area contributed by atoms with Crippen LogP contribution in [0.1, 0.15) is 0 Å². The Balaban J connectivity index is 0.000000230. The number of alkyl halides is 6. The fraction of sp³-hybridized carbons (Fsp3) is 0.133. The van der Waals surface area contributed by atoms with Crippen molar-refractivity contribution in [3.8, 4) is 11.6 Å². The van der Waals surface area contributed by atoms with Crippen LogP contribution in [0.25, 0.3) is 15.8 Å². The van der Waals surface area contributed by atoms with Crippen LogP contribution in [-0.4, -0.2) is 42.4 Å². The smallest absolute Gasteiger partial charge is 0.421 e. The maximum Gasteiger partial charge on any atom is 0.480 e. The molecule has 3 aromatic rings. The molecule has 174 valence electrons. The van der Waals surface area contributed by atoms with Gasteiger partial charge < -0.3 is 4.13 Å². The second-order valence-corrected chi connectivity index (χ2v) is 8.94. The molecule has 0 radical (unpaired) electrons. The number of sulfonamides is 2. The summed E-state index contributed by atoms with van der Waals surface area (Å²) in [5.74, 6) is 1.78. The minimum atomic E-state index is -6.72. The fourth-order valence-electron chi connectivity index (χ4n) is 1.85. The van der Waals surface area contributed by atoms with Crippen LogP contribution in [-0.2, 0) is 20.0 Å². The van der Waals surface area contributed by atoms with Gasteiger partial charge in [0.05, 0.1) is 0 Å². The minimum absolute atomic E-state index is 0.778. The Morgan fingerprint density at radius 1 is 0.812 bits per heavy atom. The van der Waals surface area contributed by atoms with Crippen molar-refractivity contribution in [2.24, 2.45) is 0 Å². The SMILES string of the molecule is O=S(=O)([N-]S(=O)(=O)C(F)(F)F)C(F)(F)F.c1ccc(-n2cc[n+](-c3ccccn3)c2)nc1. The molecule has 0 aromatic carbocycles. The molecule has 0 amide bonds. The number of hydrogen-bond acceptors (Lipinski definition) is 6. The van der Waals surface area contributed by atoms with Crippen LogP contribution >= 0.6 is 0 Å². The van der Waals surface area contributed by atoms with Crippen LogP contribution in [0.5, 0.6) is 0 Å². The van der Waals surface area contributed by atoms with E-state index < -0.39 is 31.1 Å². The van der Waals surface area contributed by atoms with E-state index in [-0.39, 0.29) is 0 Å². The van der Waals surface area contributed by atoms with Gasteiger partial charge in [-0.1, -0.05) is 12.1 Å². The standard InChI is InChI=1S/C13H11N4.C2F6NO4S2/c1-3-7-14-12(5-1)16-9-10-17(11-16)13-6-2-4-8-15-13;3-1(4,5)14(10,11)9-15(12,13)2(6,7)8/h1-11H;/q+1;-1. The van der Waals surface area contributed by atoms with Gasteiger partial charge >= 0.3 is 11.0 Å². The highest BCUT2D eigenvalue weighted by atomic mass is 32.3. The summed E-state index contributed by atoms with van der Waals surface area (Å²) in [6.45, 7) is 0. The molecule has 0 saturated carbocycles. The summed E-state index contributed by atoms with van der Waals surface area (Å²) in [7, 11) is -13.4. The summed E-state index contributed by atoms with van der Waals surface area (Å²) in [5, 5.41) is 0. The second-order valence-electron chi connectivity index (χ2n) is 5.52. The zero-order valence-corrected chi connectivity index (χ0v) is 16.9. The average molecular weight is 503 g/mol. The van der Waals surface area contributed by atoms with E-state index in [9.17, 15) is 43.2 Å². The molecule has 0 bridgehead atoms. The number of nitrogens with zero attached hydrogens (tertiary/aromatic N) is 5. The molecule has 9 nitrogen and oxygen atoms in total.